The maximum Gasteiger partial charge on any atom is 0.255 e. The molecule has 0 bridgehead atoms. The normalized spacial score (nSPS) is 17.7. The third-order valence-corrected chi connectivity index (χ3v) is 6.48. The second-order valence-electron chi connectivity index (χ2n) is 6.78. The zero-order valence-corrected chi connectivity index (χ0v) is 16.6. The summed E-state index contributed by atoms with van der Waals surface area (Å²) in [4.78, 5) is 12.7. The molecule has 26 heavy (non-hydrogen) atoms. The average Bonchev–Trinajstić information content (AvgIpc) is 2.61. The van der Waals surface area contributed by atoms with Gasteiger partial charge in [-0.25, -0.2) is 8.42 Å². The number of carbonyl (C=O) groups is 1. The van der Waals surface area contributed by atoms with Crippen LogP contribution < -0.4 is 10.1 Å². The van der Waals surface area contributed by atoms with Crippen LogP contribution in [-0.2, 0) is 14.8 Å². The van der Waals surface area contributed by atoms with Crippen LogP contribution in [0.25, 0.3) is 0 Å². The van der Waals surface area contributed by atoms with Crippen molar-refractivity contribution in [1.29, 1.82) is 0 Å². The molecule has 1 heterocycles. The molecule has 1 aliphatic rings. The SMILES string of the molecule is COC[C@H](C)NC(=O)c1cc(S(=O)(=O)N2CCC(C)CC2)ccc1OC. The van der Waals surface area contributed by atoms with E-state index in [4.69, 9.17) is 9.47 Å². The van der Waals surface area contributed by atoms with E-state index in [0.717, 1.165) is 12.8 Å². The van der Waals surface area contributed by atoms with E-state index < -0.39 is 15.9 Å². The molecular weight excluding hydrogens is 356 g/mol. The number of amides is 1. The number of piperidine rings is 1. The summed E-state index contributed by atoms with van der Waals surface area (Å²) in [6.07, 6.45) is 1.69. The first kappa shape index (κ1) is 20.7. The third kappa shape index (κ3) is 4.75. The van der Waals surface area contributed by atoms with Gasteiger partial charge < -0.3 is 14.8 Å². The Hall–Kier alpha value is -1.64. The molecule has 7 nitrogen and oxygen atoms in total. The molecule has 0 radical (unpaired) electrons. The van der Waals surface area contributed by atoms with E-state index in [0.29, 0.717) is 31.4 Å². The van der Waals surface area contributed by atoms with Crippen molar-refractivity contribution in [2.45, 2.75) is 37.6 Å². The largest absolute Gasteiger partial charge is 0.496 e. The fourth-order valence-electron chi connectivity index (χ4n) is 2.99. The lowest BCUT2D eigenvalue weighted by atomic mass is 10.0. The van der Waals surface area contributed by atoms with Gasteiger partial charge in [-0.15, -0.1) is 0 Å². The molecule has 0 aromatic heterocycles. The second-order valence-corrected chi connectivity index (χ2v) is 8.72. The van der Waals surface area contributed by atoms with Gasteiger partial charge in [0.25, 0.3) is 5.91 Å². The molecule has 2 rings (SSSR count). The summed E-state index contributed by atoms with van der Waals surface area (Å²) in [5.41, 5.74) is 0.196. The van der Waals surface area contributed by atoms with Gasteiger partial charge in [-0.2, -0.15) is 4.31 Å². The number of nitrogens with zero attached hydrogens (tertiary/aromatic N) is 1. The molecule has 1 N–H and O–H groups in total. The van der Waals surface area contributed by atoms with E-state index in [9.17, 15) is 13.2 Å². The van der Waals surface area contributed by atoms with Gasteiger partial charge in [-0.05, 0) is 43.9 Å². The smallest absolute Gasteiger partial charge is 0.255 e. The number of nitrogens with one attached hydrogen (secondary N) is 1. The van der Waals surface area contributed by atoms with Gasteiger partial charge in [0, 0.05) is 26.2 Å². The lowest BCUT2D eigenvalue weighted by Crippen LogP contribution is -2.38. The summed E-state index contributed by atoms with van der Waals surface area (Å²) in [6, 6.07) is 4.19. The Morgan fingerprint density at radius 1 is 1.31 bits per heavy atom. The summed E-state index contributed by atoms with van der Waals surface area (Å²) in [7, 11) is -0.631. The van der Waals surface area contributed by atoms with E-state index in [1.54, 1.807) is 7.11 Å². The summed E-state index contributed by atoms with van der Waals surface area (Å²) in [5, 5.41) is 2.78. The molecule has 0 unspecified atom stereocenters. The number of methoxy groups -OCH3 is 2. The molecule has 8 heteroatoms. The van der Waals surface area contributed by atoms with Crippen molar-refractivity contribution < 1.29 is 22.7 Å². The molecule has 0 aliphatic carbocycles. The predicted molar refractivity (Wildman–Crippen MR) is 99.0 cm³/mol. The van der Waals surface area contributed by atoms with Crippen LogP contribution in [0.15, 0.2) is 23.1 Å². The topological polar surface area (TPSA) is 84.9 Å². The summed E-state index contributed by atoms with van der Waals surface area (Å²) in [6.45, 7) is 5.30. The van der Waals surface area contributed by atoms with Gasteiger partial charge in [0.1, 0.15) is 5.75 Å². The lowest BCUT2D eigenvalue weighted by Gasteiger charge is -2.29. The van der Waals surface area contributed by atoms with Crippen molar-refractivity contribution in [3.63, 3.8) is 0 Å². The van der Waals surface area contributed by atoms with Crippen molar-refractivity contribution in [3.8, 4) is 5.75 Å². The fourth-order valence-corrected chi connectivity index (χ4v) is 4.49. The third-order valence-electron chi connectivity index (χ3n) is 4.59. The molecule has 0 saturated carbocycles. The highest BCUT2D eigenvalue weighted by Gasteiger charge is 2.29. The Kier molecular flexibility index (Phi) is 7.02. The highest BCUT2D eigenvalue weighted by molar-refractivity contribution is 7.89. The number of benzene rings is 1. The van der Waals surface area contributed by atoms with Crippen LogP contribution in [0, 0.1) is 5.92 Å². The molecule has 1 aliphatic heterocycles. The minimum Gasteiger partial charge on any atom is -0.496 e. The van der Waals surface area contributed by atoms with Crippen LogP contribution in [0.1, 0.15) is 37.0 Å². The molecule has 1 amide bonds. The number of sulfonamides is 1. The average molecular weight is 384 g/mol. The van der Waals surface area contributed by atoms with Crippen LogP contribution in [-0.4, -0.2) is 58.6 Å². The standard InChI is InChI=1S/C18H28N2O5S/c1-13-7-9-20(10-8-13)26(22,23)15-5-6-17(25-4)16(11-15)18(21)19-14(2)12-24-3/h5-6,11,13-14H,7-10,12H2,1-4H3,(H,19,21)/t14-/m0/s1. The van der Waals surface area contributed by atoms with Crippen molar-refractivity contribution >= 4 is 15.9 Å². The molecule has 1 atom stereocenters. The Morgan fingerprint density at radius 2 is 1.96 bits per heavy atom. The molecule has 0 spiro atoms. The van der Waals surface area contributed by atoms with Crippen LogP contribution in [0.4, 0.5) is 0 Å². The Balaban J connectivity index is 2.29. The lowest BCUT2D eigenvalue weighted by molar-refractivity contribution is 0.0902. The van der Waals surface area contributed by atoms with Crippen LogP contribution in [0.3, 0.4) is 0 Å². The number of hydrogen-bond acceptors (Lipinski definition) is 5. The molecule has 1 aromatic carbocycles. The molecule has 1 fully saturated rings. The van der Waals surface area contributed by atoms with Crippen LogP contribution in [0.5, 0.6) is 5.75 Å². The molecule has 1 aromatic rings. The Labute approximate surface area is 155 Å². The van der Waals surface area contributed by atoms with Crippen molar-refractivity contribution in [3.05, 3.63) is 23.8 Å². The number of ether oxygens (including phenoxy) is 2. The molecular formula is C18H28N2O5S. The van der Waals surface area contributed by atoms with Gasteiger partial charge in [0.05, 0.1) is 24.2 Å². The Morgan fingerprint density at radius 3 is 2.54 bits per heavy atom. The molecule has 1 saturated heterocycles. The fraction of sp³-hybridized carbons (Fsp3) is 0.611. The first-order chi connectivity index (χ1) is 12.3. The minimum atomic E-state index is -3.63. The van der Waals surface area contributed by atoms with Gasteiger partial charge in [0.15, 0.2) is 0 Å². The highest BCUT2D eigenvalue weighted by atomic mass is 32.2. The molecule has 146 valence electrons. The van der Waals surface area contributed by atoms with Crippen molar-refractivity contribution in [1.82, 2.24) is 9.62 Å². The number of hydrogen-bond donors (Lipinski definition) is 1. The maximum absolute atomic E-state index is 12.9. The van der Waals surface area contributed by atoms with E-state index in [1.807, 2.05) is 6.92 Å². The van der Waals surface area contributed by atoms with E-state index in [2.05, 4.69) is 12.2 Å². The summed E-state index contributed by atoms with van der Waals surface area (Å²) >= 11 is 0. The number of rotatable bonds is 7. The first-order valence-corrected chi connectivity index (χ1v) is 10.2. The summed E-state index contributed by atoms with van der Waals surface area (Å²) in [5.74, 6) is 0.468. The second kappa shape index (κ2) is 8.83. The van der Waals surface area contributed by atoms with Gasteiger partial charge in [0.2, 0.25) is 10.0 Å². The van der Waals surface area contributed by atoms with Crippen LogP contribution in [0.2, 0.25) is 0 Å². The zero-order valence-electron chi connectivity index (χ0n) is 15.8. The van der Waals surface area contributed by atoms with Gasteiger partial charge in [-0.3, -0.25) is 4.79 Å². The maximum atomic E-state index is 12.9. The first-order valence-electron chi connectivity index (χ1n) is 8.77. The predicted octanol–water partition coefficient (Wildman–Crippen LogP) is 1.88. The van der Waals surface area contributed by atoms with Crippen molar-refractivity contribution in [2.24, 2.45) is 5.92 Å². The Bertz CT molecular complexity index is 727. The van der Waals surface area contributed by atoms with E-state index in [1.165, 1.54) is 29.6 Å². The van der Waals surface area contributed by atoms with Gasteiger partial charge >= 0.3 is 0 Å². The van der Waals surface area contributed by atoms with Crippen LogP contribution >= 0.6 is 0 Å². The minimum absolute atomic E-state index is 0.109. The zero-order chi connectivity index (χ0) is 19.3. The monoisotopic (exact) mass is 384 g/mol. The number of carbonyl (C=O) groups excluding carboxylic acids is 1. The highest BCUT2D eigenvalue weighted by Crippen LogP contribution is 2.27. The van der Waals surface area contributed by atoms with E-state index >= 15 is 0 Å². The quantitative estimate of drug-likeness (QED) is 0.776. The van der Waals surface area contributed by atoms with Gasteiger partial charge in [-0.1, -0.05) is 6.92 Å². The van der Waals surface area contributed by atoms with Crippen molar-refractivity contribution in [2.75, 3.05) is 33.9 Å². The summed E-state index contributed by atoms with van der Waals surface area (Å²) < 4.78 is 37.6. The van der Waals surface area contributed by atoms with E-state index in [-0.39, 0.29) is 16.5 Å².